The van der Waals surface area contributed by atoms with Gasteiger partial charge in [-0.15, -0.1) is 0 Å². The number of carbonyl (C=O) groups excluding carboxylic acids is 1. The lowest BCUT2D eigenvalue weighted by Crippen LogP contribution is -2.22. The van der Waals surface area contributed by atoms with Gasteiger partial charge in [0.2, 0.25) is 0 Å². The minimum Gasteiger partial charge on any atom is -0.462 e. The molecule has 1 saturated carbocycles. The number of aromatic nitrogens is 2. The molecule has 1 atom stereocenters. The lowest BCUT2D eigenvalue weighted by Gasteiger charge is -2.04. The molecule has 0 aromatic carbocycles. The zero-order valence-corrected chi connectivity index (χ0v) is 10.2. The van der Waals surface area contributed by atoms with Gasteiger partial charge in [-0.2, -0.15) is 0 Å². The second-order valence-electron chi connectivity index (χ2n) is 4.98. The fraction of sp³-hybridized carbons (Fsp3) is 0.583. The van der Waals surface area contributed by atoms with Crippen molar-refractivity contribution in [3.05, 3.63) is 27.9 Å². The van der Waals surface area contributed by atoms with Crippen LogP contribution in [0.4, 0.5) is 0 Å². The molecule has 17 heavy (non-hydrogen) atoms. The minimum atomic E-state index is -0.622. The van der Waals surface area contributed by atoms with E-state index in [0.717, 1.165) is 6.42 Å². The molecular weight excluding hydrogens is 220 g/mol. The van der Waals surface area contributed by atoms with Gasteiger partial charge in [0.1, 0.15) is 11.4 Å². The van der Waals surface area contributed by atoms with Crippen LogP contribution in [0.2, 0.25) is 0 Å². The van der Waals surface area contributed by atoms with Crippen LogP contribution in [-0.4, -0.2) is 22.5 Å². The van der Waals surface area contributed by atoms with E-state index in [9.17, 15) is 9.59 Å². The molecule has 0 amide bonds. The van der Waals surface area contributed by atoms with Gasteiger partial charge in [0.05, 0.1) is 6.61 Å². The summed E-state index contributed by atoms with van der Waals surface area (Å²) in [5.74, 6) is 0.322. The first-order valence-electron chi connectivity index (χ1n) is 5.72. The number of nitrogens with zero attached hydrogens (tertiary/aromatic N) is 1. The van der Waals surface area contributed by atoms with Gasteiger partial charge in [-0.3, -0.25) is 4.79 Å². The Morgan fingerprint density at radius 2 is 2.29 bits per heavy atom. The Bertz CT molecular complexity index is 505. The highest BCUT2D eigenvalue weighted by Gasteiger charge is 2.48. The van der Waals surface area contributed by atoms with E-state index in [0.29, 0.717) is 5.82 Å². The fourth-order valence-electron chi connectivity index (χ4n) is 1.87. The third-order valence-corrected chi connectivity index (χ3v) is 3.16. The lowest BCUT2D eigenvalue weighted by atomic mass is 10.1. The van der Waals surface area contributed by atoms with Crippen molar-refractivity contribution in [2.75, 3.05) is 6.61 Å². The lowest BCUT2D eigenvalue weighted by molar-refractivity contribution is 0.0523. The normalized spacial score (nSPS) is 21.0. The van der Waals surface area contributed by atoms with Crippen molar-refractivity contribution >= 4 is 5.97 Å². The van der Waals surface area contributed by atoms with Crippen LogP contribution >= 0.6 is 0 Å². The molecule has 0 saturated heterocycles. The highest BCUT2D eigenvalue weighted by Crippen LogP contribution is 2.57. The van der Waals surface area contributed by atoms with Crippen molar-refractivity contribution in [1.82, 2.24) is 9.97 Å². The van der Waals surface area contributed by atoms with Gasteiger partial charge in [0.25, 0.3) is 5.56 Å². The molecule has 1 aromatic heterocycles. The number of H-pyrrole nitrogens is 1. The third-order valence-electron chi connectivity index (χ3n) is 3.16. The summed E-state index contributed by atoms with van der Waals surface area (Å²) in [6.45, 7) is 6.18. The van der Waals surface area contributed by atoms with E-state index in [2.05, 4.69) is 23.8 Å². The van der Waals surface area contributed by atoms with Crippen molar-refractivity contribution in [2.24, 2.45) is 5.41 Å². The molecule has 1 unspecified atom stereocenters. The van der Waals surface area contributed by atoms with Crippen LogP contribution in [0, 0.1) is 5.41 Å². The molecule has 5 nitrogen and oxygen atoms in total. The van der Waals surface area contributed by atoms with E-state index in [1.165, 1.54) is 6.20 Å². The third kappa shape index (κ3) is 2.23. The molecule has 1 aromatic rings. The van der Waals surface area contributed by atoms with Gasteiger partial charge in [-0.05, 0) is 18.8 Å². The second-order valence-corrected chi connectivity index (χ2v) is 4.98. The summed E-state index contributed by atoms with van der Waals surface area (Å²) in [4.78, 5) is 29.9. The Morgan fingerprint density at radius 1 is 1.65 bits per heavy atom. The van der Waals surface area contributed by atoms with E-state index in [4.69, 9.17) is 4.74 Å². The smallest absolute Gasteiger partial charge is 0.345 e. The topological polar surface area (TPSA) is 72.0 Å². The van der Waals surface area contributed by atoms with Crippen LogP contribution < -0.4 is 5.56 Å². The summed E-state index contributed by atoms with van der Waals surface area (Å²) in [6.07, 6.45) is 2.31. The minimum absolute atomic E-state index is 0.0333. The number of hydrogen-bond donors (Lipinski definition) is 1. The maximum Gasteiger partial charge on any atom is 0.345 e. The second kappa shape index (κ2) is 3.98. The molecule has 1 fully saturated rings. The standard InChI is InChI=1S/C12H16N2O3/c1-4-17-11(16)7-6-13-9(14-10(7)15)8-5-12(8,2)3/h6,8H,4-5H2,1-3H3,(H,13,14,15). The van der Waals surface area contributed by atoms with E-state index in [1.807, 2.05) is 0 Å². The molecule has 1 heterocycles. The first kappa shape index (κ1) is 11.8. The van der Waals surface area contributed by atoms with Crippen LogP contribution in [0.25, 0.3) is 0 Å². The van der Waals surface area contributed by atoms with Crippen molar-refractivity contribution in [2.45, 2.75) is 33.1 Å². The van der Waals surface area contributed by atoms with E-state index in [-0.39, 0.29) is 23.5 Å². The molecule has 1 aliphatic rings. The summed E-state index contributed by atoms with van der Waals surface area (Å²) in [5, 5.41) is 0. The summed E-state index contributed by atoms with van der Waals surface area (Å²) >= 11 is 0. The van der Waals surface area contributed by atoms with Crippen LogP contribution in [0.1, 0.15) is 49.3 Å². The van der Waals surface area contributed by atoms with Crippen LogP contribution in [-0.2, 0) is 4.74 Å². The maximum atomic E-state index is 11.7. The van der Waals surface area contributed by atoms with Crippen molar-refractivity contribution in [3.63, 3.8) is 0 Å². The number of carbonyl (C=O) groups is 1. The zero-order chi connectivity index (χ0) is 12.6. The predicted octanol–water partition coefficient (Wildman–Crippen LogP) is 1.46. The number of nitrogens with one attached hydrogen (secondary N) is 1. The molecule has 92 valence electrons. The average molecular weight is 236 g/mol. The van der Waals surface area contributed by atoms with Gasteiger partial charge < -0.3 is 9.72 Å². The van der Waals surface area contributed by atoms with Gasteiger partial charge in [0, 0.05) is 12.1 Å². The monoisotopic (exact) mass is 236 g/mol. The summed E-state index contributed by atoms with van der Waals surface area (Å²) < 4.78 is 4.77. The maximum absolute atomic E-state index is 11.7. The van der Waals surface area contributed by atoms with E-state index in [1.54, 1.807) is 6.92 Å². The molecule has 1 aliphatic carbocycles. The zero-order valence-electron chi connectivity index (χ0n) is 10.2. The first-order valence-corrected chi connectivity index (χ1v) is 5.72. The Balaban J connectivity index is 2.24. The van der Waals surface area contributed by atoms with Gasteiger partial charge in [-0.25, -0.2) is 9.78 Å². The van der Waals surface area contributed by atoms with E-state index < -0.39 is 11.5 Å². The highest BCUT2D eigenvalue weighted by atomic mass is 16.5. The Labute approximate surface area is 99.2 Å². The molecule has 5 heteroatoms. The van der Waals surface area contributed by atoms with E-state index >= 15 is 0 Å². The van der Waals surface area contributed by atoms with Crippen LogP contribution in [0.15, 0.2) is 11.0 Å². The molecule has 0 spiro atoms. The molecule has 0 bridgehead atoms. The Hall–Kier alpha value is -1.65. The van der Waals surface area contributed by atoms with Crippen LogP contribution in [0.5, 0.6) is 0 Å². The van der Waals surface area contributed by atoms with Crippen LogP contribution in [0.3, 0.4) is 0 Å². The van der Waals surface area contributed by atoms with Gasteiger partial charge >= 0.3 is 5.97 Å². The SMILES string of the molecule is CCOC(=O)c1cnc(C2CC2(C)C)[nH]c1=O. The number of aromatic amines is 1. The van der Waals surface area contributed by atoms with Gasteiger partial charge in [0.15, 0.2) is 0 Å². The van der Waals surface area contributed by atoms with Crippen molar-refractivity contribution in [3.8, 4) is 0 Å². The number of esters is 1. The molecular formula is C12H16N2O3. The molecule has 2 rings (SSSR count). The quantitative estimate of drug-likeness (QED) is 0.806. The first-order chi connectivity index (χ1) is 7.95. The largest absolute Gasteiger partial charge is 0.462 e. The fourth-order valence-corrected chi connectivity index (χ4v) is 1.87. The summed E-state index contributed by atoms with van der Waals surface area (Å²) in [7, 11) is 0. The van der Waals surface area contributed by atoms with Crippen molar-refractivity contribution in [1.29, 1.82) is 0 Å². The average Bonchev–Trinajstić information content (AvgIpc) is 2.88. The highest BCUT2D eigenvalue weighted by molar-refractivity contribution is 5.88. The summed E-state index contributed by atoms with van der Waals surface area (Å²) in [5.41, 5.74) is -0.258. The Morgan fingerprint density at radius 3 is 2.76 bits per heavy atom. The number of rotatable bonds is 3. The van der Waals surface area contributed by atoms with Gasteiger partial charge in [-0.1, -0.05) is 13.8 Å². The number of hydrogen-bond acceptors (Lipinski definition) is 4. The molecule has 1 N–H and O–H groups in total. The molecule has 0 radical (unpaired) electrons. The number of ether oxygens (including phenoxy) is 1. The molecule has 0 aliphatic heterocycles. The summed E-state index contributed by atoms with van der Waals surface area (Å²) in [6, 6.07) is 0. The Kier molecular flexibility index (Phi) is 2.77. The predicted molar refractivity (Wildman–Crippen MR) is 62.0 cm³/mol. The van der Waals surface area contributed by atoms with Crippen molar-refractivity contribution < 1.29 is 9.53 Å².